The molecule has 0 spiro atoms. The average molecular weight is 448 g/mol. The third kappa shape index (κ3) is 8.09. The summed E-state index contributed by atoms with van der Waals surface area (Å²) in [6.45, 7) is 1.75. The van der Waals surface area contributed by atoms with Crippen LogP contribution in [0.2, 0.25) is 0 Å². The molecular formula is C21H24N2O7S. The minimum absolute atomic E-state index is 0.0857. The van der Waals surface area contributed by atoms with E-state index in [1.165, 1.54) is 36.4 Å². The lowest BCUT2D eigenvalue weighted by Crippen LogP contribution is -2.30. The van der Waals surface area contributed by atoms with Crippen LogP contribution in [0.15, 0.2) is 59.5 Å². The van der Waals surface area contributed by atoms with E-state index in [1.54, 1.807) is 25.1 Å². The number of carbonyl (C=O) groups excluding carboxylic acids is 3. The number of ether oxygens (including phenoxy) is 2. The number of esters is 2. The minimum atomic E-state index is -3.80. The Kier molecular flexibility index (Phi) is 9.01. The number of nitrogens with one attached hydrogen (secondary N) is 2. The fourth-order valence-electron chi connectivity index (χ4n) is 2.48. The van der Waals surface area contributed by atoms with Gasteiger partial charge < -0.3 is 14.8 Å². The van der Waals surface area contributed by atoms with E-state index >= 15 is 0 Å². The van der Waals surface area contributed by atoms with Crippen LogP contribution in [0.4, 0.5) is 5.69 Å². The van der Waals surface area contributed by atoms with Gasteiger partial charge in [0.15, 0.2) is 6.61 Å². The zero-order valence-electron chi connectivity index (χ0n) is 17.0. The Balaban J connectivity index is 1.84. The predicted octanol–water partition coefficient (Wildman–Crippen LogP) is 2.10. The number of anilines is 1. The van der Waals surface area contributed by atoms with Crippen LogP contribution < -0.4 is 10.0 Å². The summed E-state index contributed by atoms with van der Waals surface area (Å²) in [7, 11) is -3.80. The molecule has 0 saturated heterocycles. The van der Waals surface area contributed by atoms with E-state index < -0.39 is 28.5 Å². The molecule has 0 aliphatic heterocycles. The van der Waals surface area contributed by atoms with Gasteiger partial charge in [-0.2, -0.15) is 0 Å². The van der Waals surface area contributed by atoms with Crippen molar-refractivity contribution in [1.82, 2.24) is 5.32 Å². The summed E-state index contributed by atoms with van der Waals surface area (Å²) < 4.78 is 36.9. The van der Waals surface area contributed by atoms with Gasteiger partial charge in [-0.25, -0.2) is 13.2 Å². The molecule has 31 heavy (non-hydrogen) atoms. The summed E-state index contributed by atoms with van der Waals surface area (Å²) in [6.07, 6.45) is 0.585. The van der Waals surface area contributed by atoms with E-state index in [2.05, 4.69) is 10.0 Å². The SMILES string of the molecule is CCOC(=O)CCCNC(=O)COC(=O)c1cccc(NS(=O)(=O)c2ccccc2)c1. The first-order chi connectivity index (χ1) is 14.8. The molecule has 2 aromatic carbocycles. The molecule has 0 aromatic heterocycles. The van der Waals surface area contributed by atoms with Crippen LogP contribution in [-0.2, 0) is 29.1 Å². The summed E-state index contributed by atoms with van der Waals surface area (Å²) in [5, 5.41) is 2.53. The van der Waals surface area contributed by atoms with Crippen LogP contribution in [0.25, 0.3) is 0 Å². The van der Waals surface area contributed by atoms with Gasteiger partial charge in [0, 0.05) is 18.7 Å². The summed E-state index contributed by atoms with van der Waals surface area (Å²) in [6, 6.07) is 13.6. The molecule has 0 bridgehead atoms. The maximum atomic E-state index is 12.4. The topological polar surface area (TPSA) is 128 Å². The van der Waals surface area contributed by atoms with Crippen LogP contribution in [0.5, 0.6) is 0 Å². The zero-order valence-corrected chi connectivity index (χ0v) is 17.8. The van der Waals surface area contributed by atoms with E-state index in [9.17, 15) is 22.8 Å². The van der Waals surface area contributed by atoms with Gasteiger partial charge in [0.2, 0.25) is 0 Å². The van der Waals surface area contributed by atoms with E-state index in [4.69, 9.17) is 9.47 Å². The number of sulfonamides is 1. The lowest BCUT2D eigenvalue weighted by atomic mass is 10.2. The van der Waals surface area contributed by atoms with Gasteiger partial charge in [0.05, 0.1) is 17.1 Å². The fraction of sp³-hybridized carbons (Fsp3) is 0.286. The predicted molar refractivity (Wildman–Crippen MR) is 113 cm³/mol. The van der Waals surface area contributed by atoms with Gasteiger partial charge in [-0.05, 0) is 43.7 Å². The zero-order chi connectivity index (χ0) is 22.7. The van der Waals surface area contributed by atoms with Crippen LogP contribution in [-0.4, -0.2) is 46.0 Å². The van der Waals surface area contributed by atoms with E-state index in [1.807, 2.05) is 0 Å². The first-order valence-corrected chi connectivity index (χ1v) is 11.1. The molecule has 2 aromatic rings. The maximum absolute atomic E-state index is 12.4. The molecule has 0 heterocycles. The highest BCUT2D eigenvalue weighted by Gasteiger charge is 2.15. The largest absolute Gasteiger partial charge is 0.466 e. The van der Waals surface area contributed by atoms with Crippen molar-refractivity contribution in [3.05, 3.63) is 60.2 Å². The second kappa shape index (κ2) is 11.7. The molecule has 0 atom stereocenters. The van der Waals surface area contributed by atoms with Gasteiger partial charge in [0.1, 0.15) is 0 Å². The van der Waals surface area contributed by atoms with Crippen molar-refractivity contribution in [3.8, 4) is 0 Å². The van der Waals surface area contributed by atoms with E-state index in [0.717, 1.165) is 0 Å². The van der Waals surface area contributed by atoms with Crippen LogP contribution in [0.1, 0.15) is 30.1 Å². The summed E-state index contributed by atoms with van der Waals surface area (Å²) in [5.41, 5.74) is 0.269. The Morgan fingerprint density at radius 3 is 2.42 bits per heavy atom. The number of hydrogen-bond acceptors (Lipinski definition) is 7. The quantitative estimate of drug-likeness (QED) is 0.398. The fourth-order valence-corrected chi connectivity index (χ4v) is 3.55. The standard InChI is InChI=1S/C21H24N2O7S/c1-2-29-20(25)12-7-13-22-19(24)15-30-21(26)16-8-6-9-17(14-16)23-31(27,28)18-10-4-3-5-11-18/h3-6,8-11,14,23H,2,7,12-13,15H2,1H3,(H,22,24). The average Bonchev–Trinajstić information content (AvgIpc) is 2.76. The Morgan fingerprint density at radius 1 is 0.968 bits per heavy atom. The van der Waals surface area contributed by atoms with E-state index in [-0.39, 0.29) is 35.1 Å². The molecule has 0 fully saturated rings. The summed E-state index contributed by atoms with van der Waals surface area (Å²) in [5.74, 6) is -1.63. The number of hydrogen-bond donors (Lipinski definition) is 2. The summed E-state index contributed by atoms with van der Waals surface area (Å²) >= 11 is 0. The Labute approximate surface area is 180 Å². The second-order valence-corrected chi connectivity index (χ2v) is 8.02. The lowest BCUT2D eigenvalue weighted by molar-refractivity contribution is -0.143. The third-order valence-electron chi connectivity index (χ3n) is 3.92. The van der Waals surface area contributed by atoms with Crippen molar-refractivity contribution in [2.45, 2.75) is 24.7 Å². The molecular weight excluding hydrogens is 424 g/mol. The molecule has 0 radical (unpaired) electrons. The Bertz CT molecular complexity index is 1010. The van der Waals surface area contributed by atoms with Crippen LogP contribution >= 0.6 is 0 Å². The molecule has 2 rings (SSSR count). The van der Waals surface area contributed by atoms with Crippen molar-refractivity contribution >= 4 is 33.6 Å². The van der Waals surface area contributed by atoms with Gasteiger partial charge >= 0.3 is 11.9 Å². The molecule has 0 unspecified atom stereocenters. The number of carbonyl (C=O) groups is 3. The molecule has 1 amide bonds. The monoisotopic (exact) mass is 448 g/mol. The highest BCUT2D eigenvalue weighted by molar-refractivity contribution is 7.92. The maximum Gasteiger partial charge on any atom is 0.338 e. The number of amides is 1. The molecule has 9 nitrogen and oxygen atoms in total. The van der Waals surface area contributed by atoms with Crippen molar-refractivity contribution in [3.63, 3.8) is 0 Å². The highest BCUT2D eigenvalue weighted by Crippen LogP contribution is 2.17. The molecule has 10 heteroatoms. The Hall–Kier alpha value is -3.40. The van der Waals surface area contributed by atoms with Crippen LogP contribution in [0, 0.1) is 0 Å². The van der Waals surface area contributed by atoms with Gasteiger partial charge in [-0.15, -0.1) is 0 Å². The molecule has 166 valence electrons. The Morgan fingerprint density at radius 2 is 1.71 bits per heavy atom. The van der Waals surface area contributed by atoms with Crippen molar-refractivity contribution in [2.75, 3.05) is 24.5 Å². The minimum Gasteiger partial charge on any atom is -0.466 e. The van der Waals surface area contributed by atoms with Gasteiger partial charge in [-0.1, -0.05) is 24.3 Å². The van der Waals surface area contributed by atoms with Crippen molar-refractivity contribution in [2.24, 2.45) is 0 Å². The van der Waals surface area contributed by atoms with Crippen LogP contribution in [0.3, 0.4) is 0 Å². The smallest absolute Gasteiger partial charge is 0.338 e. The van der Waals surface area contributed by atoms with E-state index in [0.29, 0.717) is 13.0 Å². The first kappa shape index (κ1) is 23.9. The van der Waals surface area contributed by atoms with Crippen molar-refractivity contribution in [1.29, 1.82) is 0 Å². The number of rotatable bonds is 11. The summed E-state index contributed by atoms with van der Waals surface area (Å²) in [4.78, 5) is 35.2. The molecule has 0 aliphatic rings. The second-order valence-electron chi connectivity index (χ2n) is 6.33. The molecule has 0 saturated carbocycles. The highest BCUT2D eigenvalue weighted by atomic mass is 32.2. The molecule has 2 N–H and O–H groups in total. The normalized spacial score (nSPS) is 10.7. The first-order valence-electron chi connectivity index (χ1n) is 9.59. The lowest BCUT2D eigenvalue weighted by Gasteiger charge is -2.10. The van der Waals surface area contributed by atoms with Crippen molar-refractivity contribution < 1.29 is 32.3 Å². The number of benzene rings is 2. The van der Waals surface area contributed by atoms with Gasteiger partial charge in [-0.3, -0.25) is 14.3 Å². The molecule has 0 aliphatic carbocycles. The third-order valence-corrected chi connectivity index (χ3v) is 5.32. The van der Waals surface area contributed by atoms with Gasteiger partial charge in [0.25, 0.3) is 15.9 Å².